The number of rotatable bonds is 6. The number of pyridine rings is 1. The first-order valence-electron chi connectivity index (χ1n) is 9.97. The fourth-order valence-corrected chi connectivity index (χ4v) is 3.67. The van der Waals surface area contributed by atoms with Crippen LogP contribution in [0, 0.1) is 0 Å². The number of likely N-dealkylation sites (tertiary alicyclic amines) is 1. The van der Waals surface area contributed by atoms with E-state index in [0.717, 1.165) is 24.5 Å². The van der Waals surface area contributed by atoms with E-state index in [2.05, 4.69) is 25.5 Å². The third-order valence-electron chi connectivity index (χ3n) is 5.02. The van der Waals surface area contributed by atoms with Crippen molar-refractivity contribution in [2.75, 3.05) is 44.2 Å². The molecule has 0 aromatic carbocycles. The normalized spacial score (nSPS) is 20.6. The molecule has 1 unspecified atom stereocenters. The number of hydrogen-bond acceptors (Lipinski definition) is 4. The van der Waals surface area contributed by atoms with Gasteiger partial charge in [0.05, 0.1) is 13.1 Å². The molecule has 10 heteroatoms. The summed E-state index contributed by atoms with van der Waals surface area (Å²) in [6.45, 7) is 5.21. The van der Waals surface area contributed by atoms with Gasteiger partial charge in [-0.15, -0.1) is 24.0 Å². The van der Waals surface area contributed by atoms with Crippen LogP contribution in [0.4, 0.5) is 19.0 Å². The Morgan fingerprint density at radius 3 is 2.62 bits per heavy atom. The highest BCUT2D eigenvalue weighted by Gasteiger charge is 2.34. The van der Waals surface area contributed by atoms with Gasteiger partial charge < -0.3 is 15.5 Å². The standard InChI is InChI=1S/C19H29F3N6.HI/c1-2-23-18(26-16-7-10-27(13-16)14-19(20,21)22)25-12-15-5-6-17(24-11-15)28-8-3-4-9-28;/h5-6,11,16H,2-4,7-10,12-14H2,1H3,(H2,23,25,26);1H. The van der Waals surface area contributed by atoms with E-state index in [0.29, 0.717) is 38.6 Å². The fraction of sp³-hybridized carbons (Fsp3) is 0.684. The maximum Gasteiger partial charge on any atom is 0.401 e. The van der Waals surface area contributed by atoms with E-state index in [4.69, 9.17) is 0 Å². The number of guanidine groups is 1. The average Bonchev–Trinajstić information content (AvgIpc) is 3.31. The average molecular weight is 526 g/mol. The Balaban J connectivity index is 0.00000300. The Hall–Kier alpha value is -1.30. The number of nitrogens with zero attached hydrogens (tertiary/aromatic N) is 4. The number of hydrogen-bond donors (Lipinski definition) is 2. The van der Waals surface area contributed by atoms with Gasteiger partial charge in [0.2, 0.25) is 0 Å². The van der Waals surface area contributed by atoms with Crippen LogP contribution in [0.25, 0.3) is 0 Å². The molecule has 3 rings (SSSR count). The van der Waals surface area contributed by atoms with E-state index < -0.39 is 12.7 Å². The van der Waals surface area contributed by atoms with Crippen LogP contribution in [0.1, 0.15) is 31.7 Å². The zero-order chi connectivity index (χ0) is 20.0. The fourth-order valence-electron chi connectivity index (χ4n) is 3.67. The predicted molar refractivity (Wildman–Crippen MR) is 120 cm³/mol. The van der Waals surface area contributed by atoms with Crippen LogP contribution in [0.5, 0.6) is 0 Å². The minimum Gasteiger partial charge on any atom is -0.357 e. The van der Waals surface area contributed by atoms with E-state index in [1.807, 2.05) is 25.3 Å². The number of aliphatic imine (C=N–C) groups is 1. The first-order chi connectivity index (χ1) is 13.4. The Morgan fingerprint density at radius 1 is 1.24 bits per heavy atom. The lowest BCUT2D eigenvalue weighted by molar-refractivity contribution is -0.143. The highest BCUT2D eigenvalue weighted by molar-refractivity contribution is 14.0. The number of nitrogens with one attached hydrogen (secondary N) is 2. The van der Waals surface area contributed by atoms with Gasteiger partial charge in [-0.3, -0.25) is 4.90 Å². The third kappa shape index (κ3) is 7.80. The first kappa shape index (κ1) is 24.0. The van der Waals surface area contributed by atoms with Crippen molar-refractivity contribution in [1.29, 1.82) is 0 Å². The molecule has 0 aliphatic carbocycles. The summed E-state index contributed by atoms with van der Waals surface area (Å²) in [5, 5.41) is 6.43. The van der Waals surface area contributed by atoms with Crippen LogP contribution in [0.3, 0.4) is 0 Å². The maximum absolute atomic E-state index is 12.5. The van der Waals surface area contributed by atoms with Crippen LogP contribution in [-0.4, -0.2) is 67.3 Å². The summed E-state index contributed by atoms with van der Waals surface area (Å²) < 4.78 is 37.6. The van der Waals surface area contributed by atoms with Crippen LogP contribution in [0.2, 0.25) is 0 Å². The summed E-state index contributed by atoms with van der Waals surface area (Å²) in [7, 11) is 0. The van der Waals surface area contributed by atoms with Crippen molar-refractivity contribution in [2.45, 2.75) is 44.9 Å². The molecule has 2 aliphatic heterocycles. The maximum atomic E-state index is 12.5. The van der Waals surface area contributed by atoms with E-state index in [-0.39, 0.29) is 30.0 Å². The monoisotopic (exact) mass is 526 g/mol. The molecule has 29 heavy (non-hydrogen) atoms. The second-order valence-electron chi connectivity index (χ2n) is 7.39. The van der Waals surface area contributed by atoms with Crippen molar-refractivity contribution in [1.82, 2.24) is 20.5 Å². The van der Waals surface area contributed by atoms with Crippen LogP contribution in [0.15, 0.2) is 23.3 Å². The smallest absolute Gasteiger partial charge is 0.357 e. The van der Waals surface area contributed by atoms with Gasteiger partial charge in [0.25, 0.3) is 0 Å². The second kappa shape index (κ2) is 11.2. The van der Waals surface area contributed by atoms with E-state index in [1.165, 1.54) is 17.7 Å². The molecule has 3 heterocycles. The zero-order valence-corrected chi connectivity index (χ0v) is 19.0. The van der Waals surface area contributed by atoms with Gasteiger partial charge in [0.1, 0.15) is 5.82 Å². The first-order valence-corrected chi connectivity index (χ1v) is 9.97. The summed E-state index contributed by atoms with van der Waals surface area (Å²) in [6, 6.07) is 4.03. The number of anilines is 1. The Kier molecular flexibility index (Phi) is 9.25. The summed E-state index contributed by atoms with van der Waals surface area (Å²) in [5.41, 5.74) is 1.00. The topological polar surface area (TPSA) is 55.8 Å². The Labute approximate surface area is 187 Å². The molecule has 2 saturated heterocycles. The van der Waals surface area contributed by atoms with Crippen molar-refractivity contribution in [3.63, 3.8) is 0 Å². The molecule has 2 aliphatic rings. The van der Waals surface area contributed by atoms with Crippen LogP contribution < -0.4 is 15.5 Å². The Morgan fingerprint density at radius 2 is 2.00 bits per heavy atom. The molecule has 2 N–H and O–H groups in total. The Bertz CT molecular complexity index is 646. The van der Waals surface area contributed by atoms with Crippen LogP contribution in [-0.2, 0) is 6.54 Å². The van der Waals surface area contributed by atoms with Gasteiger partial charge >= 0.3 is 6.18 Å². The summed E-state index contributed by atoms with van der Waals surface area (Å²) in [6.07, 6.45) is 0.801. The quantitative estimate of drug-likeness (QED) is 0.339. The largest absolute Gasteiger partial charge is 0.401 e. The summed E-state index contributed by atoms with van der Waals surface area (Å²) >= 11 is 0. The van der Waals surface area contributed by atoms with Crippen LogP contribution >= 0.6 is 24.0 Å². The van der Waals surface area contributed by atoms with Crippen molar-refractivity contribution in [3.8, 4) is 0 Å². The van der Waals surface area contributed by atoms with Crippen molar-refractivity contribution >= 4 is 35.8 Å². The summed E-state index contributed by atoms with van der Waals surface area (Å²) in [5.74, 6) is 1.64. The SMILES string of the molecule is CCNC(=NCc1ccc(N2CCCC2)nc1)NC1CCN(CC(F)(F)F)C1.I. The molecule has 6 nitrogen and oxygen atoms in total. The van der Waals surface area contributed by atoms with Gasteiger partial charge in [0.15, 0.2) is 5.96 Å². The molecular weight excluding hydrogens is 496 g/mol. The van der Waals surface area contributed by atoms with Gasteiger partial charge in [-0.1, -0.05) is 6.07 Å². The van der Waals surface area contributed by atoms with Gasteiger partial charge in [-0.2, -0.15) is 13.2 Å². The van der Waals surface area contributed by atoms with E-state index in [1.54, 1.807) is 0 Å². The molecule has 164 valence electrons. The van der Waals surface area contributed by atoms with Crippen molar-refractivity contribution in [3.05, 3.63) is 23.9 Å². The van der Waals surface area contributed by atoms with Gasteiger partial charge in [-0.05, 0) is 37.8 Å². The zero-order valence-electron chi connectivity index (χ0n) is 16.7. The van der Waals surface area contributed by atoms with Crippen molar-refractivity contribution in [2.24, 2.45) is 4.99 Å². The number of alkyl halides is 3. The molecular formula is C19H30F3IN6. The molecule has 0 radical (unpaired) electrons. The number of aromatic nitrogens is 1. The second-order valence-corrected chi connectivity index (χ2v) is 7.39. The molecule has 1 aromatic heterocycles. The molecule has 0 amide bonds. The van der Waals surface area contributed by atoms with E-state index in [9.17, 15) is 13.2 Å². The predicted octanol–water partition coefficient (Wildman–Crippen LogP) is 2.99. The highest BCUT2D eigenvalue weighted by Crippen LogP contribution is 2.20. The molecule has 2 fully saturated rings. The number of halogens is 4. The molecule has 0 saturated carbocycles. The lowest BCUT2D eigenvalue weighted by Gasteiger charge is -2.20. The molecule has 1 aromatic rings. The molecule has 1 atom stereocenters. The lowest BCUT2D eigenvalue weighted by atomic mass is 10.2. The van der Waals surface area contributed by atoms with Gasteiger partial charge in [-0.25, -0.2) is 9.98 Å². The highest BCUT2D eigenvalue weighted by atomic mass is 127. The molecule has 0 spiro atoms. The van der Waals surface area contributed by atoms with Crippen molar-refractivity contribution < 1.29 is 13.2 Å². The van der Waals surface area contributed by atoms with Gasteiger partial charge in [0, 0.05) is 45.0 Å². The minimum atomic E-state index is -4.15. The molecule has 0 bridgehead atoms. The minimum absolute atomic E-state index is 0. The summed E-state index contributed by atoms with van der Waals surface area (Å²) in [4.78, 5) is 12.8. The lowest BCUT2D eigenvalue weighted by Crippen LogP contribution is -2.45. The van der Waals surface area contributed by atoms with E-state index >= 15 is 0 Å². The third-order valence-corrected chi connectivity index (χ3v) is 5.02.